The first-order chi connectivity index (χ1) is 8.80. The molecular weight excluding hydrogens is 222 g/mol. The van der Waals surface area contributed by atoms with E-state index in [0.29, 0.717) is 5.41 Å². The second kappa shape index (κ2) is 4.93. The van der Waals surface area contributed by atoms with Gasteiger partial charge in [-0.05, 0) is 63.0 Å². The van der Waals surface area contributed by atoms with Crippen molar-refractivity contribution >= 4 is 0 Å². The van der Waals surface area contributed by atoms with Gasteiger partial charge in [-0.25, -0.2) is 0 Å². The molecule has 0 unspecified atom stereocenters. The Kier molecular flexibility index (Phi) is 3.29. The van der Waals surface area contributed by atoms with Gasteiger partial charge in [0.05, 0.1) is 6.61 Å². The molecule has 0 aromatic heterocycles. The van der Waals surface area contributed by atoms with E-state index in [2.05, 4.69) is 36.1 Å². The zero-order chi connectivity index (χ0) is 12.4. The molecule has 3 fully saturated rings. The van der Waals surface area contributed by atoms with Crippen LogP contribution in [0.2, 0.25) is 0 Å². The third kappa shape index (κ3) is 2.39. The van der Waals surface area contributed by atoms with Gasteiger partial charge in [-0.1, -0.05) is 19.1 Å². The lowest BCUT2D eigenvalue weighted by molar-refractivity contribution is -0.00766. The summed E-state index contributed by atoms with van der Waals surface area (Å²) in [6.45, 7) is 6.92. The van der Waals surface area contributed by atoms with Crippen molar-refractivity contribution in [3.05, 3.63) is 29.8 Å². The van der Waals surface area contributed by atoms with Crippen LogP contribution in [0.3, 0.4) is 0 Å². The van der Waals surface area contributed by atoms with Crippen molar-refractivity contribution < 1.29 is 4.74 Å². The predicted molar refractivity (Wildman–Crippen MR) is 74.0 cm³/mol. The molecule has 3 heterocycles. The monoisotopic (exact) mass is 245 g/mol. The standard InChI is InChI=1S/C16H23NO/c1-2-14-3-5-15(6-4-14)18-13-16-7-10-17(11-8-16)12-9-16/h3-6H,2,7-13H2,1H3. The Labute approximate surface area is 110 Å². The van der Waals surface area contributed by atoms with E-state index in [0.717, 1.165) is 18.8 Å². The van der Waals surface area contributed by atoms with Crippen molar-refractivity contribution in [3.63, 3.8) is 0 Å². The predicted octanol–water partition coefficient (Wildman–Crippen LogP) is 3.11. The van der Waals surface area contributed by atoms with E-state index >= 15 is 0 Å². The molecule has 0 aliphatic carbocycles. The second-order valence-electron chi connectivity index (χ2n) is 5.88. The van der Waals surface area contributed by atoms with Gasteiger partial charge in [0.1, 0.15) is 5.75 Å². The lowest BCUT2D eigenvalue weighted by atomic mass is 9.73. The summed E-state index contributed by atoms with van der Waals surface area (Å²) in [5.74, 6) is 1.04. The van der Waals surface area contributed by atoms with Crippen LogP contribution in [-0.4, -0.2) is 31.1 Å². The summed E-state index contributed by atoms with van der Waals surface area (Å²) < 4.78 is 6.05. The van der Waals surface area contributed by atoms with Crippen LogP contribution in [-0.2, 0) is 6.42 Å². The van der Waals surface area contributed by atoms with Crippen molar-refractivity contribution in [3.8, 4) is 5.75 Å². The maximum absolute atomic E-state index is 6.05. The third-order valence-corrected chi connectivity index (χ3v) is 4.75. The fraction of sp³-hybridized carbons (Fsp3) is 0.625. The number of piperidine rings is 3. The van der Waals surface area contributed by atoms with E-state index in [-0.39, 0.29) is 0 Å². The topological polar surface area (TPSA) is 12.5 Å². The highest BCUT2D eigenvalue weighted by Crippen LogP contribution is 2.40. The van der Waals surface area contributed by atoms with Gasteiger partial charge in [0.2, 0.25) is 0 Å². The molecule has 3 saturated heterocycles. The van der Waals surface area contributed by atoms with E-state index in [1.165, 1.54) is 44.5 Å². The normalized spacial score (nSPS) is 30.4. The molecule has 3 aliphatic heterocycles. The van der Waals surface area contributed by atoms with Crippen molar-refractivity contribution in [1.29, 1.82) is 0 Å². The van der Waals surface area contributed by atoms with E-state index in [1.807, 2.05) is 0 Å². The third-order valence-electron chi connectivity index (χ3n) is 4.75. The lowest BCUT2D eigenvalue weighted by Gasteiger charge is -2.48. The van der Waals surface area contributed by atoms with Gasteiger partial charge in [0, 0.05) is 5.41 Å². The van der Waals surface area contributed by atoms with Gasteiger partial charge in [-0.15, -0.1) is 0 Å². The van der Waals surface area contributed by atoms with Crippen molar-refractivity contribution in [2.45, 2.75) is 32.6 Å². The Hall–Kier alpha value is -1.02. The number of nitrogens with zero attached hydrogens (tertiary/aromatic N) is 1. The van der Waals surface area contributed by atoms with Crippen molar-refractivity contribution in [2.24, 2.45) is 5.41 Å². The van der Waals surface area contributed by atoms with Gasteiger partial charge in [0.15, 0.2) is 0 Å². The number of hydrogen-bond donors (Lipinski definition) is 0. The molecule has 0 radical (unpaired) electrons. The summed E-state index contributed by atoms with van der Waals surface area (Å²) in [7, 11) is 0. The Balaban J connectivity index is 1.59. The average molecular weight is 245 g/mol. The molecule has 0 amide bonds. The fourth-order valence-electron chi connectivity index (χ4n) is 3.17. The van der Waals surface area contributed by atoms with Crippen LogP contribution < -0.4 is 4.74 Å². The lowest BCUT2D eigenvalue weighted by Crippen LogP contribution is -2.50. The Morgan fingerprint density at radius 3 is 2.22 bits per heavy atom. The number of aryl methyl sites for hydroxylation is 1. The largest absolute Gasteiger partial charge is 0.493 e. The summed E-state index contributed by atoms with van der Waals surface area (Å²) in [6, 6.07) is 8.59. The molecule has 18 heavy (non-hydrogen) atoms. The average Bonchev–Trinajstić information content (AvgIpc) is 2.48. The first-order valence-electron chi connectivity index (χ1n) is 7.24. The van der Waals surface area contributed by atoms with Gasteiger partial charge < -0.3 is 9.64 Å². The molecule has 2 nitrogen and oxygen atoms in total. The van der Waals surface area contributed by atoms with Crippen LogP contribution in [0.5, 0.6) is 5.75 Å². The van der Waals surface area contributed by atoms with Crippen LogP contribution in [0.4, 0.5) is 0 Å². The minimum atomic E-state index is 0.470. The maximum atomic E-state index is 6.05. The zero-order valence-electron chi connectivity index (χ0n) is 11.3. The molecule has 98 valence electrons. The van der Waals surface area contributed by atoms with E-state index < -0.39 is 0 Å². The number of fused-ring (bicyclic) bond motifs is 3. The quantitative estimate of drug-likeness (QED) is 0.808. The fourth-order valence-corrected chi connectivity index (χ4v) is 3.17. The highest BCUT2D eigenvalue weighted by molar-refractivity contribution is 5.27. The van der Waals surface area contributed by atoms with Crippen LogP contribution in [0.1, 0.15) is 31.7 Å². The summed E-state index contributed by atoms with van der Waals surface area (Å²) in [4.78, 5) is 2.58. The molecule has 1 aromatic carbocycles. The number of hydrogen-bond acceptors (Lipinski definition) is 2. The molecular formula is C16H23NO. The van der Waals surface area contributed by atoms with E-state index in [9.17, 15) is 0 Å². The minimum Gasteiger partial charge on any atom is -0.493 e. The molecule has 0 atom stereocenters. The molecule has 0 spiro atoms. The molecule has 2 bridgehead atoms. The van der Waals surface area contributed by atoms with Gasteiger partial charge in [-0.3, -0.25) is 0 Å². The highest BCUT2D eigenvalue weighted by Gasteiger charge is 2.39. The van der Waals surface area contributed by atoms with E-state index in [1.54, 1.807) is 0 Å². The van der Waals surface area contributed by atoms with E-state index in [4.69, 9.17) is 4.74 Å². The minimum absolute atomic E-state index is 0.470. The van der Waals surface area contributed by atoms with Gasteiger partial charge in [-0.2, -0.15) is 0 Å². The smallest absolute Gasteiger partial charge is 0.119 e. The summed E-state index contributed by atoms with van der Waals surface area (Å²) in [5.41, 5.74) is 1.85. The second-order valence-corrected chi connectivity index (χ2v) is 5.88. The van der Waals surface area contributed by atoms with Gasteiger partial charge >= 0.3 is 0 Å². The molecule has 1 aromatic rings. The zero-order valence-corrected chi connectivity index (χ0v) is 11.3. The maximum Gasteiger partial charge on any atom is 0.119 e. The van der Waals surface area contributed by atoms with Gasteiger partial charge in [0.25, 0.3) is 0 Å². The van der Waals surface area contributed by atoms with Crippen molar-refractivity contribution in [1.82, 2.24) is 4.90 Å². The molecule has 4 rings (SSSR count). The number of rotatable bonds is 4. The van der Waals surface area contributed by atoms with Crippen LogP contribution in [0.25, 0.3) is 0 Å². The highest BCUT2D eigenvalue weighted by atomic mass is 16.5. The molecule has 3 aliphatic rings. The SMILES string of the molecule is CCc1ccc(OCC23CCN(CC2)CC3)cc1. The number of ether oxygens (including phenoxy) is 1. The summed E-state index contributed by atoms with van der Waals surface area (Å²) >= 11 is 0. The first-order valence-corrected chi connectivity index (χ1v) is 7.24. The number of benzene rings is 1. The van der Waals surface area contributed by atoms with Crippen molar-refractivity contribution in [2.75, 3.05) is 26.2 Å². The molecule has 2 heteroatoms. The molecule has 0 saturated carbocycles. The van der Waals surface area contributed by atoms with Crippen LogP contribution in [0.15, 0.2) is 24.3 Å². The Morgan fingerprint density at radius 1 is 1.06 bits per heavy atom. The Bertz CT molecular complexity index is 376. The molecule has 0 N–H and O–H groups in total. The summed E-state index contributed by atoms with van der Waals surface area (Å²) in [5, 5.41) is 0. The summed E-state index contributed by atoms with van der Waals surface area (Å²) in [6.07, 6.45) is 5.06. The van der Waals surface area contributed by atoms with Crippen LogP contribution >= 0.6 is 0 Å². The first kappa shape index (κ1) is 12.0. The Morgan fingerprint density at radius 2 is 1.67 bits per heavy atom. The van der Waals surface area contributed by atoms with Crippen LogP contribution in [0, 0.1) is 5.41 Å².